The summed E-state index contributed by atoms with van der Waals surface area (Å²) in [6, 6.07) is 4.04. The fraction of sp³-hybridized carbons (Fsp3) is 0.300. The second kappa shape index (κ2) is 5.31. The number of esters is 1. The maximum Gasteiger partial charge on any atom is 0.340 e. The van der Waals surface area contributed by atoms with Crippen LogP contribution in [0.25, 0.3) is 0 Å². The van der Waals surface area contributed by atoms with E-state index in [-0.39, 0.29) is 5.56 Å². The number of hydrogen-bond acceptors (Lipinski definition) is 4. The molecule has 15 heavy (non-hydrogen) atoms. The molecular weight excluding hydrogens is 201 g/mol. The summed E-state index contributed by atoms with van der Waals surface area (Å²) in [5.41, 5.74) is 2.88. The minimum Gasteiger partial charge on any atom is -0.465 e. The second-order valence-electron chi connectivity index (χ2n) is 2.72. The minimum atomic E-state index is -0.699. The molecule has 0 heterocycles. The SMILES string of the molecule is CCONc1ccc(C(=O)OC)c(F)c1. The molecule has 1 rings (SSSR count). The van der Waals surface area contributed by atoms with E-state index in [0.29, 0.717) is 12.3 Å². The lowest BCUT2D eigenvalue weighted by Crippen LogP contribution is -2.06. The molecule has 82 valence electrons. The van der Waals surface area contributed by atoms with E-state index >= 15 is 0 Å². The number of anilines is 1. The van der Waals surface area contributed by atoms with Gasteiger partial charge < -0.3 is 4.74 Å². The molecule has 4 nitrogen and oxygen atoms in total. The number of carbonyl (C=O) groups excluding carboxylic acids is 1. The first-order valence-corrected chi connectivity index (χ1v) is 4.44. The zero-order chi connectivity index (χ0) is 11.3. The topological polar surface area (TPSA) is 47.6 Å². The molecule has 0 amide bonds. The van der Waals surface area contributed by atoms with E-state index < -0.39 is 11.8 Å². The average molecular weight is 213 g/mol. The van der Waals surface area contributed by atoms with Gasteiger partial charge in [-0.15, -0.1) is 0 Å². The Kier molecular flexibility index (Phi) is 4.05. The molecule has 1 aromatic carbocycles. The van der Waals surface area contributed by atoms with Crippen molar-refractivity contribution in [2.45, 2.75) is 6.92 Å². The Labute approximate surface area is 86.9 Å². The van der Waals surface area contributed by atoms with E-state index in [0.717, 1.165) is 0 Å². The monoisotopic (exact) mass is 213 g/mol. The quantitative estimate of drug-likeness (QED) is 0.613. The highest BCUT2D eigenvalue weighted by Crippen LogP contribution is 2.15. The molecule has 0 bridgehead atoms. The largest absolute Gasteiger partial charge is 0.465 e. The first-order valence-electron chi connectivity index (χ1n) is 4.44. The smallest absolute Gasteiger partial charge is 0.340 e. The molecule has 1 N–H and O–H groups in total. The summed E-state index contributed by atoms with van der Waals surface area (Å²) < 4.78 is 17.7. The number of methoxy groups -OCH3 is 1. The molecule has 0 aromatic heterocycles. The number of hydrogen-bond donors (Lipinski definition) is 1. The number of benzene rings is 1. The maximum absolute atomic E-state index is 13.3. The summed E-state index contributed by atoms with van der Waals surface area (Å²) in [4.78, 5) is 15.9. The summed E-state index contributed by atoms with van der Waals surface area (Å²) >= 11 is 0. The van der Waals surface area contributed by atoms with Crippen LogP contribution < -0.4 is 5.48 Å². The van der Waals surface area contributed by atoms with Crippen molar-refractivity contribution in [1.82, 2.24) is 0 Å². The van der Waals surface area contributed by atoms with Gasteiger partial charge in [-0.1, -0.05) is 0 Å². The van der Waals surface area contributed by atoms with Crippen molar-refractivity contribution in [2.24, 2.45) is 0 Å². The van der Waals surface area contributed by atoms with Crippen LogP contribution in [0.15, 0.2) is 18.2 Å². The molecule has 0 aliphatic rings. The van der Waals surface area contributed by atoms with Gasteiger partial charge in [-0.3, -0.25) is 10.3 Å². The van der Waals surface area contributed by atoms with Crippen LogP contribution in [0.5, 0.6) is 0 Å². The van der Waals surface area contributed by atoms with Crippen LogP contribution in [-0.2, 0) is 9.57 Å². The number of nitrogens with one attached hydrogen (secondary N) is 1. The van der Waals surface area contributed by atoms with Gasteiger partial charge in [0.25, 0.3) is 0 Å². The predicted octanol–water partition coefficient (Wildman–Crippen LogP) is 1.98. The molecule has 0 spiro atoms. The lowest BCUT2D eigenvalue weighted by atomic mass is 10.2. The molecular formula is C10H12FNO3. The molecule has 0 aliphatic carbocycles. The Hall–Kier alpha value is -1.62. The van der Waals surface area contributed by atoms with Gasteiger partial charge >= 0.3 is 5.97 Å². The highest BCUT2D eigenvalue weighted by molar-refractivity contribution is 5.90. The third-order valence-corrected chi connectivity index (χ3v) is 1.71. The number of carbonyl (C=O) groups is 1. The summed E-state index contributed by atoms with van der Waals surface area (Å²) in [6.07, 6.45) is 0. The van der Waals surface area contributed by atoms with Crippen LogP contribution >= 0.6 is 0 Å². The molecule has 0 unspecified atom stereocenters. The number of rotatable bonds is 4. The van der Waals surface area contributed by atoms with Crippen molar-refractivity contribution in [3.8, 4) is 0 Å². The first-order chi connectivity index (χ1) is 7.19. The normalized spacial score (nSPS) is 9.80. The highest BCUT2D eigenvalue weighted by Gasteiger charge is 2.11. The van der Waals surface area contributed by atoms with Gasteiger partial charge in [-0.05, 0) is 19.1 Å². The van der Waals surface area contributed by atoms with Crippen molar-refractivity contribution in [3.05, 3.63) is 29.6 Å². The third-order valence-electron chi connectivity index (χ3n) is 1.71. The van der Waals surface area contributed by atoms with Crippen LogP contribution in [0.4, 0.5) is 10.1 Å². The van der Waals surface area contributed by atoms with Crippen molar-refractivity contribution in [3.63, 3.8) is 0 Å². The van der Waals surface area contributed by atoms with Crippen LogP contribution in [0.3, 0.4) is 0 Å². The first kappa shape index (κ1) is 11.5. The minimum absolute atomic E-state index is 0.0976. The standard InChI is InChI=1S/C10H12FNO3/c1-3-15-12-7-4-5-8(9(11)6-7)10(13)14-2/h4-6,12H,3H2,1-2H3. The van der Waals surface area contributed by atoms with Crippen LogP contribution in [0.2, 0.25) is 0 Å². The lowest BCUT2D eigenvalue weighted by molar-refractivity contribution is 0.0595. The van der Waals surface area contributed by atoms with Crippen molar-refractivity contribution in [2.75, 3.05) is 19.2 Å². The van der Waals surface area contributed by atoms with Crippen LogP contribution in [0, 0.1) is 5.82 Å². The van der Waals surface area contributed by atoms with Gasteiger partial charge in [0, 0.05) is 6.07 Å². The van der Waals surface area contributed by atoms with Crippen LogP contribution in [-0.4, -0.2) is 19.7 Å². The van der Waals surface area contributed by atoms with Gasteiger partial charge in [0.2, 0.25) is 0 Å². The summed E-state index contributed by atoms with van der Waals surface area (Å²) in [5, 5.41) is 0. The molecule has 5 heteroatoms. The summed E-state index contributed by atoms with van der Waals surface area (Å²) in [6.45, 7) is 2.26. The Morgan fingerprint density at radius 1 is 1.53 bits per heavy atom. The molecule has 0 fully saturated rings. The molecule has 0 aliphatic heterocycles. The number of halogens is 1. The lowest BCUT2D eigenvalue weighted by Gasteiger charge is -2.06. The zero-order valence-electron chi connectivity index (χ0n) is 8.54. The maximum atomic E-state index is 13.3. The van der Waals surface area contributed by atoms with Crippen molar-refractivity contribution in [1.29, 1.82) is 0 Å². The number of ether oxygens (including phenoxy) is 1. The summed E-state index contributed by atoms with van der Waals surface area (Å²) in [5.74, 6) is -1.35. The van der Waals surface area contributed by atoms with Gasteiger partial charge in [0.15, 0.2) is 0 Å². The Balaban J connectivity index is 2.83. The van der Waals surface area contributed by atoms with Gasteiger partial charge in [-0.25, -0.2) is 9.18 Å². The van der Waals surface area contributed by atoms with E-state index in [1.165, 1.54) is 25.3 Å². The fourth-order valence-electron chi connectivity index (χ4n) is 1.01. The Morgan fingerprint density at radius 3 is 2.80 bits per heavy atom. The molecule has 0 saturated carbocycles. The van der Waals surface area contributed by atoms with Crippen LogP contribution in [0.1, 0.15) is 17.3 Å². The van der Waals surface area contributed by atoms with E-state index in [9.17, 15) is 9.18 Å². The summed E-state index contributed by atoms with van der Waals surface area (Å²) in [7, 11) is 1.20. The second-order valence-corrected chi connectivity index (χ2v) is 2.72. The van der Waals surface area contributed by atoms with Crippen molar-refractivity contribution >= 4 is 11.7 Å². The molecule has 0 radical (unpaired) electrons. The van der Waals surface area contributed by atoms with E-state index in [4.69, 9.17) is 4.84 Å². The van der Waals surface area contributed by atoms with Crippen molar-refractivity contribution < 1.29 is 18.8 Å². The average Bonchev–Trinajstić information content (AvgIpc) is 2.25. The van der Waals surface area contributed by atoms with E-state index in [1.807, 2.05) is 0 Å². The predicted molar refractivity (Wildman–Crippen MR) is 53.0 cm³/mol. The third kappa shape index (κ3) is 2.92. The molecule has 1 aromatic rings. The Morgan fingerprint density at radius 2 is 2.27 bits per heavy atom. The zero-order valence-corrected chi connectivity index (χ0v) is 8.54. The van der Waals surface area contributed by atoms with E-state index in [2.05, 4.69) is 10.2 Å². The van der Waals surface area contributed by atoms with Gasteiger partial charge in [0.05, 0.1) is 25.0 Å². The highest BCUT2D eigenvalue weighted by atomic mass is 19.1. The molecule has 0 saturated heterocycles. The van der Waals surface area contributed by atoms with E-state index in [1.54, 1.807) is 6.92 Å². The molecule has 0 atom stereocenters. The van der Waals surface area contributed by atoms with Gasteiger partial charge in [0.1, 0.15) is 5.82 Å². The van der Waals surface area contributed by atoms with Gasteiger partial charge in [-0.2, -0.15) is 0 Å². The fourth-order valence-corrected chi connectivity index (χ4v) is 1.01. The Bertz CT molecular complexity index is 355.